The summed E-state index contributed by atoms with van der Waals surface area (Å²) in [5, 5.41) is 3.26. The minimum absolute atomic E-state index is 0.0282. The lowest BCUT2D eigenvalue weighted by Crippen LogP contribution is -2.57. The van der Waals surface area contributed by atoms with E-state index in [1.165, 1.54) is 12.0 Å². The van der Waals surface area contributed by atoms with E-state index in [2.05, 4.69) is 5.32 Å². The Hall–Kier alpha value is -1.83. The molecule has 1 aromatic carbocycles. The van der Waals surface area contributed by atoms with Gasteiger partial charge in [0.2, 0.25) is 0 Å². The summed E-state index contributed by atoms with van der Waals surface area (Å²) in [6.07, 6.45) is -1.87. The fourth-order valence-electron chi connectivity index (χ4n) is 3.92. The van der Waals surface area contributed by atoms with E-state index in [4.69, 9.17) is 4.74 Å². The maximum Gasteiger partial charge on any atom is 0.416 e. The molecule has 1 aliphatic carbocycles. The molecule has 1 saturated carbocycles. The Kier molecular flexibility index (Phi) is 5.14. The number of amides is 1. The third-order valence-electron chi connectivity index (χ3n) is 5.45. The lowest BCUT2D eigenvalue weighted by molar-refractivity contribution is -0.137. The largest absolute Gasteiger partial charge is 0.453 e. The third kappa shape index (κ3) is 3.39. The van der Waals surface area contributed by atoms with Crippen LogP contribution in [-0.2, 0) is 16.5 Å². The second kappa shape index (κ2) is 7.06. The van der Waals surface area contributed by atoms with Crippen LogP contribution < -0.4 is 5.32 Å². The van der Waals surface area contributed by atoms with Crippen LogP contribution in [0.1, 0.15) is 43.2 Å². The van der Waals surface area contributed by atoms with E-state index in [0.717, 1.165) is 37.6 Å². The molecule has 0 unspecified atom stereocenters. The van der Waals surface area contributed by atoms with Gasteiger partial charge in [-0.2, -0.15) is 13.2 Å². The number of alkyl halides is 3. The average Bonchev–Trinajstić information content (AvgIpc) is 3.05. The molecule has 4 nitrogen and oxygen atoms in total. The number of halogens is 4. The Morgan fingerprint density at radius 2 is 2.08 bits per heavy atom. The minimum Gasteiger partial charge on any atom is -0.453 e. The van der Waals surface area contributed by atoms with Gasteiger partial charge in [0.05, 0.1) is 18.2 Å². The summed E-state index contributed by atoms with van der Waals surface area (Å²) < 4.78 is 58.8. The molecular weight excluding hydrogens is 352 g/mol. The molecule has 0 bridgehead atoms. The molecule has 0 aromatic heterocycles. The van der Waals surface area contributed by atoms with Gasteiger partial charge in [0.1, 0.15) is 5.82 Å². The highest BCUT2D eigenvalue weighted by atomic mass is 19.4. The van der Waals surface area contributed by atoms with Gasteiger partial charge in [-0.05, 0) is 56.8 Å². The van der Waals surface area contributed by atoms with Gasteiger partial charge in [0.15, 0.2) is 0 Å². The van der Waals surface area contributed by atoms with Gasteiger partial charge in [0, 0.05) is 18.2 Å². The van der Waals surface area contributed by atoms with Crippen molar-refractivity contribution < 1.29 is 27.1 Å². The molecule has 0 radical (unpaired) electrons. The standard InChI is InChI=1S/C18H22F4N2O2/c1-26-16(25)24(11-13-4-2-9-23-13)17(7-3-8-17)14-10-12(18(20,21)22)5-6-15(14)19/h5-6,10,13,23H,2-4,7-9,11H2,1H3/t13-/m0/s1. The second-order valence-corrected chi connectivity index (χ2v) is 6.95. The van der Waals surface area contributed by atoms with Crippen LogP contribution in [0.2, 0.25) is 0 Å². The zero-order valence-electron chi connectivity index (χ0n) is 14.5. The van der Waals surface area contributed by atoms with Crippen LogP contribution in [0, 0.1) is 5.82 Å². The second-order valence-electron chi connectivity index (χ2n) is 6.95. The van der Waals surface area contributed by atoms with Gasteiger partial charge in [-0.25, -0.2) is 9.18 Å². The number of hydrogen-bond acceptors (Lipinski definition) is 3. The Morgan fingerprint density at radius 3 is 2.58 bits per heavy atom. The van der Waals surface area contributed by atoms with Gasteiger partial charge in [-0.15, -0.1) is 0 Å². The van der Waals surface area contributed by atoms with Crippen LogP contribution in [-0.4, -0.2) is 37.2 Å². The molecule has 2 aliphatic rings. The Bertz CT molecular complexity index is 668. The van der Waals surface area contributed by atoms with Gasteiger partial charge in [0.25, 0.3) is 0 Å². The molecule has 1 heterocycles. The number of benzene rings is 1. The maximum absolute atomic E-state index is 14.6. The van der Waals surface area contributed by atoms with E-state index in [9.17, 15) is 22.4 Å². The van der Waals surface area contributed by atoms with Crippen LogP contribution in [0.3, 0.4) is 0 Å². The molecule has 0 spiro atoms. The van der Waals surface area contributed by atoms with Gasteiger partial charge in [-0.1, -0.05) is 0 Å². The van der Waals surface area contributed by atoms with Crippen LogP contribution in [0.25, 0.3) is 0 Å². The summed E-state index contributed by atoms with van der Waals surface area (Å²) in [7, 11) is 1.23. The molecular formula is C18H22F4N2O2. The van der Waals surface area contributed by atoms with Crippen molar-refractivity contribution >= 4 is 6.09 Å². The molecule has 1 N–H and O–H groups in total. The molecule has 1 amide bonds. The Labute approximate surface area is 149 Å². The molecule has 1 saturated heterocycles. The summed E-state index contributed by atoms with van der Waals surface area (Å²) in [4.78, 5) is 13.9. The van der Waals surface area contributed by atoms with E-state index in [1.807, 2.05) is 0 Å². The molecule has 1 aliphatic heterocycles. The van der Waals surface area contributed by atoms with Crippen LogP contribution in [0.15, 0.2) is 18.2 Å². The summed E-state index contributed by atoms with van der Waals surface area (Å²) in [5.74, 6) is -0.731. The summed E-state index contributed by atoms with van der Waals surface area (Å²) >= 11 is 0. The van der Waals surface area contributed by atoms with Crippen molar-refractivity contribution in [2.24, 2.45) is 0 Å². The first kappa shape index (κ1) is 18.9. The lowest BCUT2D eigenvalue weighted by Gasteiger charge is -2.50. The molecule has 26 heavy (non-hydrogen) atoms. The topological polar surface area (TPSA) is 41.6 Å². The fourth-order valence-corrected chi connectivity index (χ4v) is 3.92. The number of ether oxygens (including phenoxy) is 1. The summed E-state index contributed by atoms with van der Waals surface area (Å²) in [5.41, 5.74) is -2.09. The van der Waals surface area contributed by atoms with Crippen LogP contribution in [0.5, 0.6) is 0 Å². The van der Waals surface area contributed by atoms with Crippen molar-refractivity contribution in [2.75, 3.05) is 20.2 Å². The molecule has 8 heteroatoms. The summed E-state index contributed by atoms with van der Waals surface area (Å²) in [6.45, 7) is 1.10. The molecule has 1 atom stereocenters. The zero-order valence-corrected chi connectivity index (χ0v) is 14.5. The first-order valence-electron chi connectivity index (χ1n) is 8.74. The van der Waals surface area contributed by atoms with Gasteiger partial charge >= 0.3 is 12.3 Å². The van der Waals surface area contributed by atoms with Crippen molar-refractivity contribution in [1.82, 2.24) is 10.2 Å². The monoisotopic (exact) mass is 374 g/mol. The number of carbonyl (C=O) groups is 1. The lowest BCUT2D eigenvalue weighted by atomic mass is 9.69. The highest BCUT2D eigenvalue weighted by Crippen LogP contribution is 2.49. The number of rotatable bonds is 4. The number of methoxy groups -OCH3 is 1. The Morgan fingerprint density at radius 1 is 1.35 bits per heavy atom. The van der Waals surface area contributed by atoms with Crippen LogP contribution >= 0.6 is 0 Å². The number of nitrogens with zero attached hydrogens (tertiary/aromatic N) is 1. The van der Waals surface area contributed by atoms with Gasteiger partial charge in [-0.3, -0.25) is 4.90 Å². The van der Waals surface area contributed by atoms with E-state index in [1.54, 1.807) is 0 Å². The predicted molar refractivity (Wildman–Crippen MR) is 87.1 cm³/mol. The highest BCUT2D eigenvalue weighted by molar-refractivity contribution is 5.69. The maximum atomic E-state index is 14.6. The summed E-state index contributed by atoms with van der Waals surface area (Å²) in [6, 6.07) is 2.43. The van der Waals surface area contributed by atoms with Crippen molar-refractivity contribution in [1.29, 1.82) is 0 Å². The average molecular weight is 374 g/mol. The normalized spacial score (nSPS) is 22.0. The third-order valence-corrected chi connectivity index (χ3v) is 5.45. The van der Waals surface area contributed by atoms with Crippen molar-refractivity contribution in [2.45, 2.75) is 49.9 Å². The van der Waals surface area contributed by atoms with Crippen molar-refractivity contribution in [3.8, 4) is 0 Å². The van der Waals surface area contributed by atoms with E-state index >= 15 is 0 Å². The fraction of sp³-hybridized carbons (Fsp3) is 0.611. The zero-order chi connectivity index (χ0) is 18.9. The predicted octanol–water partition coefficient (Wildman–Crippen LogP) is 4.04. The first-order valence-corrected chi connectivity index (χ1v) is 8.74. The smallest absolute Gasteiger partial charge is 0.416 e. The van der Waals surface area contributed by atoms with Crippen molar-refractivity contribution in [3.05, 3.63) is 35.1 Å². The van der Waals surface area contributed by atoms with E-state index < -0.39 is 29.2 Å². The quantitative estimate of drug-likeness (QED) is 0.809. The van der Waals surface area contributed by atoms with Crippen molar-refractivity contribution in [3.63, 3.8) is 0 Å². The molecule has 3 rings (SSSR count). The van der Waals surface area contributed by atoms with E-state index in [-0.39, 0.29) is 18.2 Å². The number of nitrogens with one attached hydrogen (secondary N) is 1. The SMILES string of the molecule is COC(=O)N(C[C@@H]1CCCN1)C1(c2cc(C(F)(F)F)ccc2F)CCC1. The van der Waals surface area contributed by atoms with Crippen LogP contribution in [0.4, 0.5) is 22.4 Å². The number of carbonyl (C=O) groups excluding carboxylic acids is 1. The minimum atomic E-state index is -4.57. The highest BCUT2D eigenvalue weighted by Gasteiger charge is 2.49. The Balaban J connectivity index is 2.01. The number of hydrogen-bond donors (Lipinski definition) is 1. The van der Waals surface area contributed by atoms with E-state index in [0.29, 0.717) is 19.3 Å². The molecule has 2 fully saturated rings. The first-order chi connectivity index (χ1) is 12.3. The molecule has 1 aromatic rings. The molecule has 144 valence electrons. The van der Waals surface area contributed by atoms with Gasteiger partial charge < -0.3 is 10.1 Å².